The number of carbonyl (C=O) groups is 1. The average Bonchev–Trinajstić information content (AvgIpc) is 2.82. The van der Waals surface area contributed by atoms with Gasteiger partial charge in [0.25, 0.3) is 5.91 Å². The number of fused-ring (bicyclic) bond motifs is 1. The van der Waals surface area contributed by atoms with Crippen LogP contribution in [-0.2, 0) is 0 Å². The highest BCUT2D eigenvalue weighted by atomic mass is 35.5. The van der Waals surface area contributed by atoms with Crippen LogP contribution in [-0.4, -0.2) is 36.0 Å². The molecule has 2 heterocycles. The van der Waals surface area contributed by atoms with Crippen molar-refractivity contribution in [2.45, 2.75) is 37.8 Å². The fraction of sp³-hybridized carbons (Fsp3) is 0.533. The predicted octanol–water partition coefficient (Wildman–Crippen LogP) is 2.70. The first-order chi connectivity index (χ1) is 9.24. The predicted molar refractivity (Wildman–Crippen MR) is 76.5 cm³/mol. The van der Waals surface area contributed by atoms with E-state index in [0.717, 1.165) is 13.0 Å². The van der Waals surface area contributed by atoms with E-state index < -0.39 is 0 Å². The quantitative estimate of drug-likeness (QED) is 0.902. The van der Waals surface area contributed by atoms with Gasteiger partial charge in [-0.2, -0.15) is 0 Å². The number of hydrogen-bond acceptors (Lipinski definition) is 2. The summed E-state index contributed by atoms with van der Waals surface area (Å²) in [6, 6.07) is 7.98. The van der Waals surface area contributed by atoms with Crippen LogP contribution >= 0.6 is 11.6 Å². The van der Waals surface area contributed by atoms with Crippen LogP contribution in [0.3, 0.4) is 0 Å². The number of nitrogens with zero attached hydrogens (tertiary/aromatic N) is 1. The maximum atomic E-state index is 12.2. The minimum Gasteiger partial charge on any atom is -0.348 e. The van der Waals surface area contributed by atoms with Crippen molar-refractivity contribution >= 4 is 17.5 Å². The van der Waals surface area contributed by atoms with Crippen LogP contribution < -0.4 is 5.32 Å². The van der Waals surface area contributed by atoms with E-state index in [1.165, 1.54) is 25.8 Å². The molecule has 0 radical (unpaired) electrons. The zero-order valence-corrected chi connectivity index (χ0v) is 11.7. The highest BCUT2D eigenvalue weighted by Crippen LogP contribution is 2.27. The summed E-state index contributed by atoms with van der Waals surface area (Å²) in [6.07, 6.45) is 4.85. The molecule has 1 aromatic rings. The summed E-state index contributed by atoms with van der Waals surface area (Å²) in [7, 11) is 0. The van der Waals surface area contributed by atoms with Crippen molar-refractivity contribution in [2.75, 3.05) is 13.1 Å². The molecular formula is C15H19ClN2O. The Labute approximate surface area is 118 Å². The molecule has 0 aromatic heterocycles. The van der Waals surface area contributed by atoms with Gasteiger partial charge in [-0.05, 0) is 44.0 Å². The summed E-state index contributed by atoms with van der Waals surface area (Å²) in [5.74, 6) is -0.0000709. The number of rotatable bonds is 2. The Hall–Kier alpha value is -1.06. The number of amides is 1. The molecule has 1 N–H and O–H groups in total. The molecule has 2 aliphatic rings. The maximum Gasteiger partial charge on any atom is 0.251 e. The summed E-state index contributed by atoms with van der Waals surface area (Å²) >= 11 is 5.93. The highest BCUT2D eigenvalue weighted by Gasteiger charge is 2.36. The molecule has 3 rings (SSSR count). The van der Waals surface area contributed by atoms with Crippen LogP contribution in [0.2, 0.25) is 5.02 Å². The second-order valence-electron chi connectivity index (χ2n) is 5.48. The number of halogens is 1. The fourth-order valence-electron chi connectivity index (χ4n) is 3.30. The van der Waals surface area contributed by atoms with Crippen molar-refractivity contribution in [2.24, 2.45) is 0 Å². The summed E-state index contributed by atoms with van der Waals surface area (Å²) in [4.78, 5) is 14.8. The molecule has 2 saturated heterocycles. The Bertz CT molecular complexity index is 477. The van der Waals surface area contributed by atoms with Gasteiger partial charge in [0.1, 0.15) is 0 Å². The van der Waals surface area contributed by atoms with Crippen LogP contribution in [0, 0.1) is 0 Å². The number of nitrogens with one attached hydrogen (secondary N) is 1. The molecule has 4 heteroatoms. The second kappa shape index (κ2) is 5.51. The van der Waals surface area contributed by atoms with Crippen molar-refractivity contribution < 1.29 is 4.79 Å². The van der Waals surface area contributed by atoms with E-state index in [0.29, 0.717) is 22.7 Å². The Morgan fingerprint density at radius 2 is 2.16 bits per heavy atom. The number of piperidine rings is 1. The van der Waals surface area contributed by atoms with Gasteiger partial charge in [-0.1, -0.05) is 24.1 Å². The molecule has 0 bridgehead atoms. The van der Waals surface area contributed by atoms with Crippen LogP contribution in [0.25, 0.3) is 0 Å². The summed E-state index contributed by atoms with van der Waals surface area (Å²) in [5, 5.41) is 3.79. The topological polar surface area (TPSA) is 32.3 Å². The summed E-state index contributed by atoms with van der Waals surface area (Å²) in [5.41, 5.74) is 0.654. The Kier molecular flexibility index (Phi) is 3.76. The molecule has 2 atom stereocenters. The lowest BCUT2D eigenvalue weighted by atomic mass is 9.99. The largest absolute Gasteiger partial charge is 0.348 e. The maximum absolute atomic E-state index is 12.2. The lowest BCUT2D eigenvalue weighted by Gasteiger charge is -2.32. The van der Waals surface area contributed by atoms with Gasteiger partial charge >= 0.3 is 0 Å². The van der Waals surface area contributed by atoms with Crippen molar-refractivity contribution in [3.05, 3.63) is 34.9 Å². The van der Waals surface area contributed by atoms with Gasteiger partial charge < -0.3 is 5.32 Å². The third kappa shape index (κ3) is 2.77. The first kappa shape index (κ1) is 12.9. The van der Waals surface area contributed by atoms with Crippen molar-refractivity contribution in [1.29, 1.82) is 0 Å². The molecule has 0 unspecified atom stereocenters. The number of benzene rings is 1. The van der Waals surface area contributed by atoms with Gasteiger partial charge in [0.15, 0.2) is 0 Å². The van der Waals surface area contributed by atoms with Gasteiger partial charge in [-0.15, -0.1) is 0 Å². The zero-order valence-electron chi connectivity index (χ0n) is 10.9. The lowest BCUT2D eigenvalue weighted by molar-refractivity contribution is 0.0915. The lowest BCUT2D eigenvalue weighted by Crippen LogP contribution is -2.46. The van der Waals surface area contributed by atoms with E-state index >= 15 is 0 Å². The highest BCUT2D eigenvalue weighted by molar-refractivity contribution is 6.30. The number of hydrogen-bond donors (Lipinski definition) is 1. The van der Waals surface area contributed by atoms with Gasteiger partial charge in [0, 0.05) is 29.2 Å². The fourth-order valence-corrected chi connectivity index (χ4v) is 3.49. The molecule has 1 amide bonds. The normalized spacial score (nSPS) is 27.0. The van der Waals surface area contributed by atoms with Crippen LogP contribution in [0.1, 0.15) is 36.0 Å². The zero-order chi connectivity index (χ0) is 13.2. The van der Waals surface area contributed by atoms with Gasteiger partial charge in [-0.3, -0.25) is 9.69 Å². The molecular weight excluding hydrogens is 260 g/mol. The SMILES string of the molecule is O=C(N[C@@H]1CCN2CCCC[C@H]12)c1cccc(Cl)c1. The minimum absolute atomic E-state index is 0.0000709. The molecule has 3 nitrogen and oxygen atoms in total. The summed E-state index contributed by atoms with van der Waals surface area (Å²) < 4.78 is 0. The van der Waals surface area contributed by atoms with Crippen LogP contribution in [0.5, 0.6) is 0 Å². The third-order valence-corrected chi connectivity index (χ3v) is 4.49. The van der Waals surface area contributed by atoms with Gasteiger partial charge in [-0.25, -0.2) is 0 Å². The standard InChI is InChI=1S/C15H19ClN2O/c16-12-5-3-4-11(10-12)15(19)17-13-7-9-18-8-2-1-6-14(13)18/h3-5,10,13-14H,1-2,6-9H2,(H,17,19)/t13-,14-/m1/s1. The van der Waals surface area contributed by atoms with E-state index in [9.17, 15) is 4.79 Å². The van der Waals surface area contributed by atoms with Crippen molar-refractivity contribution in [3.63, 3.8) is 0 Å². The molecule has 19 heavy (non-hydrogen) atoms. The number of carbonyl (C=O) groups excluding carboxylic acids is 1. The van der Waals surface area contributed by atoms with E-state index in [-0.39, 0.29) is 5.91 Å². The molecule has 0 spiro atoms. The smallest absolute Gasteiger partial charge is 0.251 e. The second-order valence-corrected chi connectivity index (χ2v) is 5.91. The van der Waals surface area contributed by atoms with Gasteiger partial charge in [0.2, 0.25) is 0 Å². The minimum atomic E-state index is -0.0000709. The van der Waals surface area contributed by atoms with E-state index in [1.54, 1.807) is 12.1 Å². The van der Waals surface area contributed by atoms with Gasteiger partial charge in [0.05, 0.1) is 0 Å². The van der Waals surface area contributed by atoms with E-state index in [1.807, 2.05) is 12.1 Å². The van der Waals surface area contributed by atoms with E-state index in [4.69, 9.17) is 11.6 Å². The first-order valence-electron chi connectivity index (χ1n) is 7.04. The Morgan fingerprint density at radius 1 is 1.26 bits per heavy atom. The molecule has 0 saturated carbocycles. The molecule has 102 valence electrons. The monoisotopic (exact) mass is 278 g/mol. The Morgan fingerprint density at radius 3 is 3.00 bits per heavy atom. The summed E-state index contributed by atoms with van der Waals surface area (Å²) in [6.45, 7) is 2.30. The molecule has 0 aliphatic carbocycles. The molecule has 2 aliphatic heterocycles. The van der Waals surface area contributed by atoms with Crippen molar-refractivity contribution in [3.8, 4) is 0 Å². The first-order valence-corrected chi connectivity index (χ1v) is 7.42. The van der Waals surface area contributed by atoms with Crippen molar-refractivity contribution in [1.82, 2.24) is 10.2 Å². The Balaban J connectivity index is 1.66. The molecule has 2 fully saturated rings. The molecule has 1 aromatic carbocycles. The van der Waals surface area contributed by atoms with Crippen LogP contribution in [0.4, 0.5) is 0 Å². The van der Waals surface area contributed by atoms with Crippen LogP contribution in [0.15, 0.2) is 24.3 Å². The third-order valence-electron chi connectivity index (χ3n) is 4.26. The average molecular weight is 279 g/mol. The van der Waals surface area contributed by atoms with E-state index in [2.05, 4.69) is 10.2 Å².